The molecular formula is C12H18ClFN2O2S. The largest absolute Gasteiger partial charge is 0.315 e. The summed E-state index contributed by atoms with van der Waals surface area (Å²) in [6.45, 7) is 4.01. The van der Waals surface area contributed by atoms with Gasteiger partial charge < -0.3 is 5.32 Å². The van der Waals surface area contributed by atoms with Crippen LogP contribution in [-0.4, -0.2) is 38.9 Å². The van der Waals surface area contributed by atoms with E-state index in [1.54, 1.807) is 6.92 Å². The molecule has 2 rings (SSSR count). The number of hydrogen-bond acceptors (Lipinski definition) is 3. The molecule has 0 spiro atoms. The fraction of sp³-hybridized carbons (Fsp3) is 0.500. The zero-order valence-electron chi connectivity index (χ0n) is 10.7. The average molecular weight is 309 g/mol. The van der Waals surface area contributed by atoms with Gasteiger partial charge in [0.05, 0.1) is 4.90 Å². The molecule has 0 unspecified atom stereocenters. The van der Waals surface area contributed by atoms with Gasteiger partial charge in [0.25, 0.3) is 0 Å². The van der Waals surface area contributed by atoms with Gasteiger partial charge in [-0.15, -0.1) is 12.4 Å². The fourth-order valence-corrected chi connectivity index (χ4v) is 3.55. The van der Waals surface area contributed by atoms with Crippen LogP contribution in [0.5, 0.6) is 0 Å². The van der Waals surface area contributed by atoms with E-state index in [0.717, 1.165) is 13.0 Å². The van der Waals surface area contributed by atoms with Gasteiger partial charge in [0.2, 0.25) is 10.0 Å². The van der Waals surface area contributed by atoms with E-state index in [2.05, 4.69) is 5.32 Å². The molecule has 1 aliphatic rings. The highest BCUT2D eigenvalue weighted by atomic mass is 35.5. The third-order valence-corrected chi connectivity index (χ3v) is 4.96. The predicted octanol–water partition coefficient (Wildman–Crippen LogP) is 1.54. The maximum absolute atomic E-state index is 13.2. The number of hydrogen-bond donors (Lipinski definition) is 1. The molecule has 0 aliphatic carbocycles. The molecule has 1 fully saturated rings. The van der Waals surface area contributed by atoms with Gasteiger partial charge in [0.15, 0.2) is 0 Å². The lowest BCUT2D eigenvalue weighted by Crippen LogP contribution is -2.34. The third-order valence-electron chi connectivity index (χ3n) is 3.07. The van der Waals surface area contributed by atoms with Crippen LogP contribution >= 0.6 is 12.4 Å². The van der Waals surface area contributed by atoms with E-state index in [1.807, 2.05) is 0 Å². The lowest BCUT2D eigenvalue weighted by Gasteiger charge is -2.19. The van der Waals surface area contributed by atoms with Gasteiger partial charge in [-0.25, -0.2) is 12.8 Å². The minimum atomic E-state index is -3.50. The SMILES string of the molecule is Cc1cc(S(=O)(=O)N2CCCNCC2)ccc1F.Cl. The second kappa shape index (κ2) is 6.65. The van der Waals surface area contributed by atoms with Gasteiger partial charge >= 0.3 is 0 Å². The van der Waals surface area contributed by atoms with E-state index in [1.165, 1.54) is 22.5 Å². The minimum absolute atomic E-state index is 0. The van der Waals surface area contributed by atoms with Crippen molar-refractivity contribution in [2.45, 2.75) is 18.2 Å². The van der Waals surface area contributed by atoms with Crippen molar-refractivity contribution in [3.8, 4) is 0 Å². The van der Waals surface area contributed by atoms with Crippen molar-refractivity contribution in [2.24, 2.45) is 0 Å². The summed E-state index contributed by atoms with van der Waals surface area (Å²) in [6.07, 6.45) is 0.791. The monoisotopic (exact) mass is 308 g/mol. The molecule has 1 aromatic carbocycles. The number of aryl methyl sites for hydroxylation is 1. The van der Waals surface area contributed by atoms with Crippen molar-refractivity contribution >= 4 is 22.4 Å². The number of halogens is 2. The summed E-state index contributed by atoms with van der Waals surface area (Å²) in [7, 11) is -3.50. The van der Waals surface area contributed by atoms with E-state index >= 15 is 0 Å². The Morgan fingerprint density at radius 1 is 1.26 bits per heavy atom. The molecule has 1 N–H and O–H groups in total. The zero-order valence-corrected chi connectivity index (χ0v) is 12.4. The molecule has 108 valence electrons. The van der Waals surface area contributed by atoms with Crippen molar-refractivity contribution in [3.05, 3.63) is 29.6 Å². The molecule has 1 aromatic rings. The summed E-state index contributed by atoms with van der Waals surface area (Å²) in [5.74, 6) is -0.383. The molecule has 1 aliphatic heterocycles. The van der Waals surface area contributed by atoms with Crippen molar-refractivity contribution < 1.29 is 12.8 Å². The molecule has 0 atom stereocenters. The van der Waals surface area contributed by atoms with Crippen molar-refractivity contribution in [3.63, 3.8) is 0 Å². The Bertz CT molecular complexity index is 529. The maximum atomic E-state index is 13.2. The summed E-state index contributed by atoms with van der Waals surface area (Å²) in [5.41, 5.74) is 0.351. The van der Waals surface area contributed by atoms with Crippen molar-refractivity contribution in [1.29, 1.82) is 0 Å². The van der Waals surface area contributed by atoms with E-state index in [0.29, 0.717) is 25.2 Å². The Kier molecular flexibility index (Phi) is 5.73. The highest BCUT2D eigenvalue weighted by Crippen LogP contribution is 2.19. The average Bonchev–Trinajstić information content (AvgIpc) is 2.61. The number of rotatable bonds is 2. The molecule has 19 heavy (non-hydrogen) atoms. The first kappa shape index (κ1) is 16.4. The van der Waals surface area contributed by atoms with Gasteiger partial charge in [-0.3, -0.25) is 0 Å². The molecule has 0 saturated carbocycles. The Morgan fingerprint density at radius 2 is 2.00 bits per heavy atom. The Morgan fingerprint density at radius 3 is 2.68 bits per heavy atom. The van der Waals surface area contributed by atoms with Crippen LogP contribution in [0, 0.1) is 12.7 Å². The highest BCUT2D eigenvalue weighted by molar-refractivity contribution is 7.89. The number of nitrogens with one attached hydrogen (secondary N) is 1. The molecule has 4 nitrogen and oxygen atoms in total. The van der Waals surface area contributed by atoms with E-state index in [9.17, 15) is 12.8 Å². The van der Waals surface area contributed by atoms with Gasteiger partial charge in [-0.05, 0) is 43.7 Å². The van der Waals surface area contributed by atoms with Crippen LogP contribution in [0.25, 0.3) is 0 Å². The smallest absolute Gasteiger partial charge is 0.243 e. The van der Waals surface area contributed by atoms with Gasteiger partial charge in [-0.1, -0.05) is 0 Å². The molecular weight excluding hydrogens is 291 g/mol. The summed E-state index contributed by atoms with van der Waals surface area (Å²) in [6, 6.07) is 3.93. The zero-order chi connectivity index (χ0) is 13.2. The van der Waals surface area contributed by atoms with Crippen LogP contribution in [0.4, 0.5) is 4.39 Å². The van der Waals surface area contributed by atoms with Gasteiger partial charge in [0.1, 0.15) is 5.82 Å². The van der Waals surface area contributed by atoms with Crippen LogP contribution in [0.2, 0.25) is 0 Å². The first-order valence-corrected chi connectivity index (χ1v) is 7.43. The summed E-state index contributed by atoms with van der Waals surface area (Å²) >= 11 is 0. The van der Waals surface area contributed by atoms with Crippen LogP contribution in [0.15, 0.2) is 23.1 Å². The standard InChI is InChI=1S/C12H17FN2O2S.ClH/c1-10-9-11(3-4-12(10)13)18(16,17)15-7-2-5-14-6-8-15;/h3-4,9,14H,2,5-8H2,1H3;1H. The quantitative estimate of drug-likeness (QED) is 0.901. The summed E-state index contributed by atoms with van der Waals surface area (Å²) < 4.78 is 39.4. The Labute approximate surface area is 119 Å². The fourth-order valence-electron chi connectivity index (χ4n) is 1.99. The molecule has 1 saturated heterocycles. The van der Waals surface area contributed by atoms with E-state index in [-0.39, 0.29) is 23.1 Å². The van der Waals surface area contributed by atoms with Crippen LogP contribution in [0.1, 0.15) is 12.0 Å². The molecule has 0 radical (unpaired) electrons. The topological polar surface area (TPSA) is 49.4 Å². The maximum Gasteiger partial charge on any atom is 0.243 e. The Balaban J connectivity index is 0.00000180. The van der Waals surface area contributed by atoms with Gasteiger partial charge in [-0.2, -0.15) is 4.31 Å². The molecule has 0 amide bonds. The highest BCUT2D eigenvalue weighted by Gasteiger charge is 2.25. The second-order valence-corrected chi connectivity index (χ2v) is 6.36. The van der Waals surface area contributed by atoms with Crippen molar-refractivity contribution in [1.82, 2.24) is 9.62 Å². The molecule has 1 heterocycles. The molecule has 0 bridgehead atoms. The van der Waals surface area contributed by atoms with Crippen LogP contribution in [-0.2, 0) is 10.0 Å². The number of benzene rings is 1. The Hall–Kier alpha value is -0.690. The van der Waals surface area contributed by atoms with E-state index in [4.69, 9.17) is 0 Å². The van der Waals surface area contributed by atoms with Gasteiger partial charge in [0, 0.05) is 19.6 Å². The second-order valence-electron chi connectivity index (χ2n) is 4.42. The summed E-state index contributed by atoms with van der Waals surface area (Å²) in [5, 5.41) is 3.16. The lowest BCUT2D eigenvalue weighted by molar-refractivity contribution is 0.432. The minimum Gasteiger partial charge on any atom is -0.315 e. The van der Waals surface area contributed by atoms with Crippen LogP contribution in [0.3, 0.4) is 0 Å². The predicted molar refractivity (Wildman–Crippen MR) is 74.6 cm³/mol. The first-order chi connectivity index (χ1) is 8.51. The lowest BCUT2D eigenvalue weighted by atomic mass is 10.2. The number of sulfonamides is 1. The molecule has 7 heteroatoms. The first-order valence-electron chi connectivity index (χ1n) is 5.99. The molecule has 0 aromatic heterocycles. The number of nitrogens with zero attached hydrogens (tertiary/aromatic N) is 1. The summed E-state index contributed by atoms with van der Waals surface area (Å²) in [4.78, 5) is 0.170. The van der Waals surface area contributed by atoms with Crippen molar-refractivity contribution in [2.75, 3.05) is 26.2 Å². The van der Waals surface area contributed by atoms with Crippen LogP contribution < -0.4 is 5.32 Å². The normalized spacial score (nSPS) is 17.6. The van der Waals surface area contributed by atoms with E-state index < -0.39 is 10.0 Å². The third kappa shape index (κ3) is 3.66.